The summed E-state index contributed by atoms with van der Waals surface area (Å²) in [5.74, 6) is -0.354. The number of aromatic nitrogens is 3. The third-order valence-electron chi connectivity index (χ3n) is 2.87. The number of ether oxygens (including phenoxy) is 1. The summed E-state index contributed by atoms with van der Waals surface area (Å²) < 4.78 is 27.9. The Hall–Kier alpha value is -2.26. The zero-order valence-electron chi connectivity index (χ0n) is 12.7. The summed E-state index contributed by atoms with van der Waals surface area (Å²) in [6.45, 7) is 0.950. The largest absolute Gasteiger partial charge is 0.377 e. The van der Waals surface area contributed by atoms with Crippen molar-refractivity contribution >= 4 is 21.7 Å². The standard InChI is InChI=1S/C14H18N4O4S/c1-23(20,21)14-16-13(17-18-14)15-12(19)8-5-9-22-10-11-6-3-2-4-7-11/h2-4,6-7H,5,8-10H2,1H3,(H2,15,16,17,18,19). The maximum absolute atomic E-state index is 11.7. The molecular weight excluding hydrogens is 320 g/mol. The van der Waals surface area contributed by atoms with Crippen LogP contribution in [0.25, 0.3) is 0 Å². The van der Waals surface area contributed by atoms with Crippen molar-refractivity contribution in [2.75, 3.05) is 18.2 Å². The zero-order valence-corrected chi connectivity index (χ0v) is 13.5. The molecule has 1 heterocycles. The molecule has 0 aliphatic heterocycles. The van der Waals surface area contributed by atoms with Gasteiger partial charge in [-0.1, -0.05) is 30.3 Å². The highest BCUT2D eigenvalue weighted by atomic mass is 32.2. The van der Waals surface area contributed by atoms with E-state index in [9.17, 15) is 13.2 Å². The van der Waals surface area contributed by atoms with E-state index >= 15 is 0 Å². The summed E-state index contributed by atoms with van der Waals surface area (Å²) in [6.07, 6.45) is 1.78. The highest BCUT2D eigenvalue weighted by Crippen LogP contribution is 2.06. The van der Waals surface area contributed by atoms with Crippen molar-refractivity contribution in [3.8, 4) is 0 Å². The van der Waals surface area contributed by atoms with Crippen molar-refractivity contribution in [1.82, 2.24) is 15.2 Å². The molecule has 0 saturated carbocycles. The van der Waals surface area contributed by atoms with E-state index in [-0.39, 0.29) is 23.4 Å². The van der Waals surface area contributed by atoms with Crippen LogP contribution in [-0.2, 0) is 26.0 Å². The average Bonchev–Trinajstić information content (AvgIpc) is 2.96. The maximum Gasteiger partial charge on any atom is 0.249 e. The molecule has 8 nitrogen and oxygen atoms in total. The second-order valence-corrected chi connectivity index (χ2v) is 6.86. The molecule has 2 N–H and O–H groups in total. The minimum atomic E-state index is -3.47. The predicted octanol–water partition coefficient (Wildman–Crippen LogP) is 1.14. The number of amides is 1. The summed E-state index contributed by atoms with van der Waals surface area (Å²) in [5.41, 5.74) is 1.07. The van der Waals surface area contributed by atoms with E-state index < -0.39 is 9.84 Å². The predicted molar refractivity (Wildman–Crippen MR) is 83.5 cm³/mol. The Balaban J connectivity index is 1.66. The fourth-order valence-corrected chi connectivity index (χ4v) is 2.22. The molecule has 1 amide bonds. The van der Waals surface area contributed by atoms with Crippen LogP contribution >= 0.6 is 0 Å². The van der Waals surface area contributed by atoms with Gasteiger partial charge in [0.1, 0.15) is 0 Å². The third-order valence-corrected chi connectivity index (χ3v) is 3.76. The molecule has 1 aromatic carbocycles. The van der Waals surface area contributed by atoms with Crippen LogP contribution in [-0.4, -0.2) is 42.4 Å². The van der Waals surface area contributed by atoms with Gasteiger partial charge in [-0.05, 0) is 12.0 Å². The molecule has 1 aromatic heterocycles. The SMILES string of the molecule is CS(=O)(=O)c1nc(NC(=O)CCCOCc2ccccc2)n[nH]1. The quantitative estimate of drug-likeness (QED) is 0.698. The van der Waals surface area contributed by atoms with Gasteiger partial charge in [0, 0.05) is 19.3 Å². The molecule has 0 atom stereocenters. The van der Waals surface area contributed by atoms with Crippen LogP contribution in [0.4, 0.5) is 5.95 Å². The summed E-state index contributed by atoms with van der Waals surface area (Å²) >= 11 is 0. The van der Waals surface area contributed by atoms with Crippen molar-refractivity contribution in [3.05, 3.63) is 35.9 Å². The Morgan fingerprint density at radius 3 is 2.70 bits per heavy atom. The van der Waals surface area contributed by atoms with Crippen LogP contribution in [0, 0.1) is 0 Å². The van der Waals surface area contributed by atoms with E-state index in [1.165, 1.54) is 0 Å². The Kier molecular flexibility index (Phi) is 5.83. The van der Waals surface area contributed by atoms with Crippen molar-refractivity contribution in [2.45, 2.75) is 24.6 Å². The van der Waals surface area contributed by atoms with Gasteiger partial charge in [0.15, 0.2) is 0 Å². The normalized spacial score (nSPS) is 11.3. The van der Waals surface area contributed by atoms with Crippen LogP contribution in [0.5, 0.6) is 0 Å². The van der Waals surface area contributed by atoms with Crippen LogP contribution < -0.4 is 5.32 Å². The molecule has 0 radical (unpaired) electrons. The topological polar surface area (TPSA) is 114 Å². The van der Waals surface area contributed by atoms with Crippen molar-refractivity contribution < 1.29 is 17.9 Å². The first-order chi connectivity index (χ1) is 10.9. The van der Waals surface area contributed by atoms with Crippen LogP contribution in [0.3, 0.4) is 0 Å². The highest BCUT2D eigenvalue weighted by Gasteiger charge is 2.14. The molecule has 2 rings (SSSR count). The van der Waals surface area contributed by atoms with Gasteiger partial charge >= 0.3 is 0 Å². The third kappa shape index (κ3) is 5.80. The highest BCUT2D eigenvalue weighted by molar-refractivity contribution is 7.90. The number of anilines is 1. The number of hydrogen-bond acceptors (Lipinski definition) is 6. The molecule has 0 fully saturated rings. The second kappa shape index (κ2) is 7.84. The number of sulfone groups is 1. The molecule has 9 heteroatoms. The van der Waals surface area contributed by atoms with Crippen molar-refractivity contribution in [3.63, 3.8) is 0 Å². The van der Waals surface area contributed by atoms with E-state index in [0.717, 1.165) is 11.8 Å². The average molecular weight is 338 g/mol. The van der Waals surface area contributed by atoms with E-state index in [0.29, 0.717) is 19.6 Å². The molecule has 0 spiro atoms. The first-order valence-electron chi connectivity index (χ1n) is 6.99. The molecule has 0 aliphatic rings. The monoisotopic (exact) mass is 338 g/mol. The number of hydrogen-bond donors (Lipinski definition) is 2. The number of rotatable bonds is 8. The summed E-state index contributed by atoms with van der Waals surface area (Å²) in [6, 6.07) is 9.75. The van der Waals surface area contributed by atoms with E-state index in [1.807, 2.05) is 30.3 Å². The van der Waals surface area contributed by atoms with Gasteiger partial charge in [-0.15, -0.1) is 5.10 Å². The lowest BCUT2D eigenvalue weighted by atomic mass is 10.2. The summed E-state index contributed by atoms with van der Waals surface area (Å²) in [5, 5.41) is 8.04. The second-order valence-electron chi connectivity index (χ2n) is 4.93. The number of H-pyrrole nitrogens is 1. The molecule has 2 aromatic rings. The molecule has 0 aliphatic carbocycles. The lowest BCUT2D eigenvalue weighted by molar-refractivity contribution is -0.116. The molecular formula is C14H18N4O4S. The van der Waals surface area contributed by atoms with Gasteiger partial charge in [0.25, 0.3) is 0 Å². The van der Waals surface area contributed by atoms with Gasteiger partial charge in [-0.2, -0.15) is 4.98 Å². The molecule has 0 saturated heterocycles. The van der Waals surface area contributed by atoms with Gasteiger partial charge in [-0.3, -0.25) is 10.1 Å². The Labute approximate surface area is 134 Å². The zero-order chi connectivity index (χ0) is 16.7. The fraction of sp³-hybridized carbons (Fsp3) is 0.357. The van der Waals surface area contributed by atoms with E-state index in [4.69, 9.17) is 4.74 Å². The number of carbonyl (C=O) groups is 1. The first kappa shape index (κ1) is 17.1. The van der Waals surface area contributed by atoms with Gasteiger partial charge < -0.3 is 4.74 Å². The molecule has 0 bridgehead atoms. The van der Waals surface area contributed by atoms with Gasteiger partial charge in [0.2, 0.25) is 26.8 Å². The van der Waals surface area contributed by atoms with Gasteiger partial charge in [0.05, 0.1) is 6.61 Å². The first-order valence-corrected chi connectivity index (χ1v) is 8.88. The lowest BCUT2D eigenvalue weighted by Crippen LogP contribution is -2.13. The Bertz CT molecular complexity index is 743. The Morgan fingerprint density at radius 2 is 2.04 bits per heavy atom. The van der Waals surface area contributed by atoms with Crippen LogP contribution in [0.15, 0.2) is 35.5 Å². The van der Waals surface area contributed by atoms with Gasteiger partial charge in [-0.25, -0.2) is 13.5 Å². The molecule has 124 valence electrons. The van der Waals surface area contributed by atoms with Crippen molar-refractivity contribution in [2.24, 2.45) is 0 Å². The summed E-state index contributed by atoms with van der Waals surface area (Å²) in [4.78, 5) is 15.4. The minimum Gasteiger partial charge on any atom is -0.377 e. The number of nitrogens with one attached hydrogen (secondary N) is 2. The van der Waals surface area contributed by atoms with Crippen LogP contribution in [0.2, 0.25) is 0 Å². The lowest BCUT2D eigenvalue weighted by Gasteiger charge is -2.04. The van der Waals surface area contributed by atoms with E-state index in [2.05, 4.69) is 20.5 Å². The summed E-state index contributed by atoms with van der Waals surface area (Å²) in [7, 11) is -3.47. The fourth-order valence-electron chi connectivity index (χ4n) is 1.75. The van der Waals surface area contributed by atoms with Crippen LogP contribution in [0.1, 0.15) is 18.4 Å². The Morgan fingerprint density at radius 1 is 1.30 bits per heavy atom. The number of nitrogens with zero attached hydrogens (tertiary/aromatic N) is 2. The number of benzene rings is 1. The smallest absolute Gasteiger partial charge is 0.249 e. The van der Waals surface area contributed by atoms with E-state index in [1.54, 1.807) is 0 Å². The van der Waals surface area contributed by atoms with Crippen molar-refractivity contribution in [1.29, 1.82) is 0 Å². The maximum atomic E-state index is 11.7. The number of carbonyl (C=O) groups excluding carboxylic acids is 1. The molecule has 0 unspecified atom stereocenters. The number of aromatic amines is 1. The molecule has 23 heavy (non-hydrogen) atoms. The minimum absolute atomic E-state index is 0.0550.